The highest BCUT2D eigenvalue weighted by molar-refractivity contribution is 9.10. The minimum Gasteiger partial charge on any atom is -0.492 e. The van der Waals surface area contributed by atoms with Crippen LogP contribution in [0.1, 0.15) is 49.0 Å². The summed E-state index contributed by atoms with van der Waals surface area (Å²) in [5.41, 5.74) is 1.08. The molecule has 3 heterocycles. The van der Waals surface area contributed by atoms with Crippen LogP contribution in [0.25, 0.3) is 4.96 Å². The number of nitrogens with zero attached hydrogens (tertiary/aromatic N) is 4. The number of piperidine rings is 1. The molecule has 0 saturated carbocycles. The Bertz CT molecular complexity index is 1040. The fourth-order valence-electron chi connectivity index (χ4n) is 3.98. The third-order valence-corrected chi connectivity index (χ3v) is 7.05. The van der Waals surface area contributed by atoms with Crippen molar-refractivity contribution in [2.75, 3.05) is 19.7 Å². The molecule has 0 bridgehead atoms. The van der Waals surface area contributed by atoms with Gasteiger partial charge in [0.2, 0.25) is 10.8 Å². The van der Waals surface area contributed by atoms with E-state index in [2.05, 4.69) is 43.0 Å². The molecule has 30 heavy (non-hydrogen) atoms. The molecule has 1 unspecified atom stereocenters. The van der Waals surface area contributed by atoms with Crippen LogP contribution in [0, 0.1) is 5.92 Å². The lowest BCUT2D eigenvalue weighted by Gasteiger charge is -2.36. The van der Waals surface area contributed by atoms with Gasteiger partial charge in [-0.25, -0.2) is 4.98 Å². The number of esters is 1. The SMILES string of the molecule is CCOC(=O)C1CCN(C(c2cccc(Br)c2)c2sc3nc(CC)nn3c2O)CC1. The number of rotatable bonds is 6. The minimum absolute atomic E-state index is 0.0626. The van der Waals surface area contributed by atoms with E-state index in [4.69, 9.17) is 4.74 Å². The van der Waals surface area contributed by atoms with Crippen LogP contribution in [0.4, 0.5) is 0 Å². The van der Waals surface area contributed by atoms with Gasteiger partial charge in [0.25, 0.3) is 0 Å². The van der Waals surface area contributed by atoms with Crippen molar-refractivity contribution in [3.8, 4) is 5.88 Å². The molecular formula is C21H25BrN4O3S. The van der Waals surface area contributed by atoms with Crippen molar-refractivity contribution in [3.63, 3.8) is 0 Å². The lowest BCUT2D eigenvalue weighted by atomic mass is 9.93. The third kappa shape index (κ3) is 4.10. The van der Waals surface area contributed by atoms with Gasteiger partial charge in [0.1, 0.15) is 0 Å². The number of aromatic hydroxyl groups is 1. The minimum atomic E-state index is -0.135. The molecule has 1 fully saturated rings. The van der Waals surface area contributed by atoms with E-state index in [9.17, 15) is 9.90 Å². The molecule has 1 N–H and O–H groups in total. The Balaban J connectivity index is 1.67. The smallest absolute Gasteiger partial charge is 0.309 e. The Kier molecular flexibility index (Phi) is 6.40. The summed E-state index contributed by atoms with van der Waals surface area (Å²) in [7, 11) is 0. The number of benzene rings is 1. The van der Waals surface area contributed by atoms with Gasteiger partial charge in [-0.15, -0.1) is 5.10 Å². The van der Waals surface area contributed by atoms with E-state index in [-0.39, 0.29) is 23.8 Å². The molecule has 9 heteroatoms. The van der Waals surface area contributed by atoms with Crippen molar-refractivity contribution in [3.05, 3.63) is 45.0 Å². The van der Waals surface area contributed by atoms with E-state index in [1.54, 1.807) is 0 Å². The highest BCUT2D eigenvalue weighted by atomic mass is 79.9. The summed E-state index contributed by atoms with van der Waals surface area (Å²) in [6, 6.07) is 8.00. The zero-order valence-corrected chi connectivity index (χ0v) is 19.4. The molecule has 3 aromatic rings. The van der Waals surface area contributed by atoms with Crippen LogP contribution >= 0.6 is 27.3 Å². The first-order chi connectivity index (χ1) is 14.5. The molecule has 0 spiro atoms. The van der Waals surface area contributed by atoms with E-state index in [1.807, 2.05) is 26.0 Å². The molecule has 0 radical (unpaired) electrons. The van der Waals surface area contributed by atoms with Gasteiger partial charge in [-0.3, -0.25) is 9.69 Å². The number of aryl methyl sites for hydroxylation is 1. The predicted molar refractivity (Wildman–Crippen MR) is 119 cm³/mol. The van der Waals surface area contributed by atoms with E-state index >= 15 is 0 Å². The van der Waals surface area contributed by atoms with Gasteiger partial charge in [-0.1, -0.05) is 46.3 Å². The van der Waals surface area contributed by atoms with Gasteiger partial charge in [-0.2, -0.15) is 4.52 Å². The topological polar surface area (TPSA) is 80.0 Å². The highest BCUT2D eigenvalue weighted by Crippen LogP contribution is 2.41. The molecule has 4 rings (SSSR count). The molecule has 1 aromatic carbocycles. The number of ether oxygens (including phenoxy) is 1. The number of thiazole rings is 1. The number of likely N-dealkylation sites (tertiary alicyclic amines) is 1. The molecule has 160 valence electrons. The molecule has 1 saturated heterocycles. The maximum Gasteiger partial charge on any atom is 0.309 e. The van der Waals surface area contributed by atoms with Gasteiger partial charge < -0.3 is 9.84 Å². The van der Waals surface area contributed by atoms with Crippen molar-refractivity contribution >= 4 is 38.2 Å². The van der Waals surface area contributed by atoms with Gasteiger partial charge in [-0.05, 0) is 50.6 Å². The van der Waals surface area contributed by atoms with Crippen LogP contribution in [0.2, 0.25) is 0 Å². The van der Waals surface area contributed by atoms with Crippen LogP contribution in [-0.2, 0) is 16.0 Å². The summed E-state index contributed by atoms with van der Waals surface area (Å²) in [6.07, 6.45) is 2.20. The summed E-state index contributed by atoms with van der Waals surface area (Å²) in [4.78, 5) is 20.5. The Morgan fingerprint density at radius 3 is 2.77 bits per heavy atom. The second-order valence-corrected chi connectivity index (χ2v) is 9.31. The second kappa shape index (κ2) is 9.03. The van der Waals surface area contributed by atoms with Crippen LogP contribution in [-0.4, -0.2) is 50.3 Å². The average Bonchev–Trinajstić information content (AvgIpc) is 3.28. The number of hydrogen-bond donors (Lipinski definition) is 1. The summed E-state index contributed by atoms with van der Waals surface area (Å²) < 4.78 is 7.73. The molecule has 0 amide bonds. The normalized spacial score (nSPS) is 16.8. The maximum absolute atomic E-state index is 12.2. The standard InChI is InChI=1S/C21H25BrN4O3S/c1-3-16-23-21-26(24-16)19(27)18(30-21)17(14-6-5-7-15(22)12-14)25-10-8-13(9-11-25)20(28)29-4-2/h5-7,12-13,17,27H,3-4,8-11H2,1-2H3. The Labute approximate surface area is 187 Å². The van der Waals surface area contributed by atoms with Gasteiger partial charge in [0, 0.05) is 10.9 Å². The summed E-state index contributed by atoms with van der Waals surface area (Å²) >= 11 is 5.04. The lowest BCUT2D eigenvalue weighted by Crippen LogP contribution is -2.39. The maximum atomic E-state index is 12.2. The van der Waals surface area contributed by atoms with Crippen LogP contribution in [0.15, 0.2) is 28.7 Å². The van der Waals surface area contributed by atoms with E-state index in [0.717, 1.165) is 53.1 Å². The Hall–Kier alpha value is -1.97. The lowest BCUT2D eigenvalue weighted by molar-refractivity contribution is -0.149. The molecule has 0 aliphatic carbocycles. The number of carbonyl (C=O) groups excluding carboxylic acids is 1. The van der Waals surface area contributed by atoms with E-state index < -0.39 is 0 Å². The van der Waals surface area contributed by atoms with Crippen LogP contribution < -0.4 is 0 Å². The average molecular weight is 493 g/mol. The van der Waals surface area contributed by atoms with Crippen LogP contribution in [0.3, 0.4) is 0 Å². The highest BCUT2D eigenvalue weighted by Gasteiger charge is 2.34. The van der Waals surface area contributed by atoms with E-state index in [0.29, 0.717) is 11.6 Å². The number of hydrogen-bond acceptors (Lipinski definition) is 7. The van der Waals surface area contributed by atoms with Gasteiger partial charge in [0.15, 0.2) is 5.82 Å². The van der Waals surface area contributed by atoms with E-state index in [1.165, 1.54) is 15.9 Å². The fraction of sp³-hybridized carbons (Fsp3) is 0.476. The van der Waals surface area contributed by atoms with Crippen molar-refractivity contribution < 1.29 is 14.6 Å². The quantitative estimate of drug-likeness (QED) is 0.519. The zero-order chi connectivity index (χ0) is 21.3. The first kappa shape index (κ1) is 21.3. The van der Waals surface area contributed by atoms with Crippen molar-refractivity contribution in [1.29, 1.82) is 0 Å². The summed E-state index contributed by atoms with van der Waals surface area (Å²) in [5.74, 6) is 0.689. The second-order valence-electron chi connectivity index (χ2n) is 7.39. The Morgan fingerprint density at radius 1 is 1.37 bits per heavy atom. The van der Waals surface area contributed by atoms with Crippen LogP contribution in [0.5, 0.6) is 5.88 Å². The predicted octanol–water partition coefficient (Wildman–Crippen LogP) is 4.19. The van der Waals surface area contributed by atoms with Gasteiger partial charge >= 0.3 is 5.97 Å². The zero-order valence-electron chi connectivity index (χ0n) is 17.0. The van der Waals surface area contributed by atoms with Gasteiger partial charge in [0.05, 0.1) is 23.4 Å². The molecule has 2 aromatic heterocycles. The van der Waals surface area contributed by atoms with Crippen molar-refractivity contribution in [1.82, 2.24) is 19.5 Å². The summed E-state index contributed by atoms with van der Waals surface area (Å²) in [5, 5.41) is 15.4. The largest absolute Gasteiger partial charge is 0.492 e. The first-order valence-electron chi connectivity index (χ1n) is 10.2. The molecule has 7 nitrogen and oxygen atoms in total. The fourth-order valence-corrected chi connectivity index (χ4v) is 5.53. The number of halogens is 1. The molecule has 1 atom stereocenters. The third-order valence-electron chi connectivity index (χ3n) is 5.49. The Morgan fingerprint density at radius 2 is 2.13 bits per heavy atom. The first-order valence-corrected chi connectivity index (χ1v) is 11.9. The molecular weight excluding hydrogens is 468 g/mol. The monoisotopic (exact) mass is 492 g/mol. The number of fused-ring (bicyclic) bond motifs is 1. The number of aromatic nitrogens is 3. The van der Waals surface area contributed by atoms with Crippen molar-refractivity contribution in [2.45, 2.75) is 39.2 Å². The molecule has 1 aliphatic rings. The summed E-state index contributed by atoms with van der Waals surface area (Å²) in [6.45, 7) is 5.73. The van der Waals surface area contributed by atoms with Crippen molar-refractivity contribution in [2.24, 2.45) is 5.92 Å². The molecule has 1 aliphatic heterocycles. The number of carbonyl (C=O) groups is 1.